The van der Waals surface area contributed by atoms with Gasteiger partial charge in [0.2, 0.25) is 0 Å². The van der Waals surface area contributed by atoms with Crippen LogP contribution in [0.15, 0.2) is 0 Å². The van der Waals surface area contributed by atoms with Gasteiger partial charge in [-0.2, -0.15) is 0 Å². The zero-order valence-electron chi connectivity index (χ0n) is 2.50. The fraction of sp³-hybridized carbons (Fsp3) is 1.00. The first-order valence-corrected chi connectivity index (χ1v) is 2.06. The molecule has 0 atom stereocenters. The summed E-state index contributed by atoms with van der Waals surface area (Å²) in [5, 5.41) is 2.00. The molecule has 5 heavy (non-hydrogen) atoms. The van der Waals surface area contributed by atoms with Crippen molar-refractivity contribution in [3.63, 3.8) is 0 Å². The molecule has 0 unspecified atom stereocenters. The number of hydrogen-bond donors (Lipinski definition) is 0. The molecule has 38 valence electrons. The summed E-state index contributed by atoms with van der Waals surface area (Å²) in [6.07, 6.45) is 0. The zero-order chi connectivity index (χ0) is 2.00. The third kappa shape index (κ3) is 22.4. The van der Waals surface area contributed by atoms with Crippen LogP contribution in [0.2, 0.25) is 5.23 Å². The van der Waals surface area contributed by atoms with E-state index in [9.17, 15) is 0 Å². The van der Waals surface area contributed by atoms with Crippen LogP contribution in [-0.2, 0) is 70.8 Å². The molecule has 0 saturated carbocycles. The molecule has 0 saturated heterocycles. The summed E-state index contributed by atoms with van der Waals surface area (Å²) in [6, 6.07) is 0. The van der Waals surface area contributed by atoms with Crippen LogP contribution in [0.5, 0.6) is 0 Å². The van der Waals surface area contributed by atoms with Crippen LogP contribution < -0.4 is 0 Å². The molecule has 0 aromatic carbocycles. The number of hydrogen-bond acceptors (Lipinski definition) is 0. The fourth-order valence-corrected chi connectivity index (χ4v) is 0. The van der Waals surface area contributed by atoms with Gasteiger partial charge in [0.15, 0.2) is 0 Å². The van der Waals surface area contributed by atoms with Crippen molar-refractivity contribution in [1.29, 1.82) is 0 Å². The Morgan fingerprint density at radius 2 is 1.20 bits per heavy atom. The molecule has 1 radical (unpaired) electrons. The minimum atomic E-state index is 0. The van der Waals surface area contributed by atoms with Gasteiger partial charge in [0.25, 0.3) is 0 Å². The molecule has 0 spiro atoms. The third-order valence-corrected chi connectivity index (χ3v) is 0. The van der Waals surface area contributed by atoms with Gasteiger partial charge in [-0.05, 0) is 0 Å². The molecule has 0 amide bonds. The fourth-order valence-electron chi connectivity index (χ4n) is 0. The standard InChI is InChI=1S/CH3.Co.Fe.Ni.Ti/h1H3;;;;. The Morgan fingerprint density at radius 1 is 1.20 bits per heavy atom. The average molecular weight is 236 g/mol. The van der Waals surface area contributed by atoms with E-state index in [1.807, 2.05) is 25.7 Å². The minimum absolute atomic E-state index is 0. The molecule has 0 rings (SSSR count). The molecule has 0 aliphatic heterocycles. The molecule has 4 heteroatoms. The van der Waals surface area contributed by atoms with E-state index in [4.69, 9.17) is 0 Å². The van der Waals surface area contributed by atoms with Crippen LogP contribution in [0, 0.1) is 0 Å². The van der Waals surface area contributed by atoms with Crippen LogP contribution in [0.25, 0.3) is 0 Å². The van der Waals surface area contributed by atoms with Gasteiger partial charge in [0.05, 0.1) is 0 Å². The van der Waals surface area contributed by atoms with Gasteiger partial charge in [-0.15, -0.1) is 0 Å². The van der Waals surface area contributed by atoms with Gasteiger partial charge in [-0.1, -0.05) is 0 Å². The molecule has 0 bridgehead atoms. The molecule has 0 N–H and O–H groups in total. The molecular weight excluding hydrogens is 233 g/mol. The van der Waals surface area contributed by atoms with E-state index in [-0.39, 0.29) is 50.3 Å². The Hall–Kier alpha value is 2.23. The Balaban J connectivity index is -0.00000000167. The van der Waals surface area contributed by atoms with Crippen LogP contribution in [-0.4, -0.2) is 0 Å². The second-order valence-corrected chi connectivity index (χ2v) is 0. The topological polar surface area (TPSA) is 0 Å². The molecule has 0 aliphatic rings. The molecular formula is CH3CoFeNiTi. The predicted molar refractivity (Wildman–Crippen MR) is 5.86 cm³/mol. The van der Waals surface area contributed by atoms with Crippen molar-refractivity contribution in [2.45, 2.75) is 5.23 Å². The molecule has 0 aromatic heterocycles. The largest absolute Gasteiger partial charge is 0 e. The smallest absolute Gasteiger partial charge is 0 e. The summed E-state index contributed by atoms with van der Waals surface area (Å²) < 4.78 is 0. The maximum Gasteiger partial charge on any atom is 0 e. The van der Waals surface area contributed by atoms with Crippen LogP contribution >= 0.6 is 0 Å². The Kier molecular flexibility index (Phi) is 184. The van der Waals surface area contributed by atoms with E-state index in [1.165, 1.54) is 0 Å². The Morgan fingerprint density at radius 3 is 1.20 bits per heavy atom. The monoisotopic (exact) mass is 236 g/mol. The second-order valence-electron chi connectivity index (χ2n) is 0. The third-order valence-electron chi connectivity index (χ3n) is 0. The minimum Gasteiger partial charge on any atom is 0 e. The first-order valence-electron chi connectivity index (χ1n) is 0.500. The van der Waals surface area contributed by atoms with E-state index in [0.29, 0.717) is 0 Å². The van der Waals surface area contributed by atoms with Gasteiger partial charge < -0.3 is 0 Å². The summed E-state index contributed by atoms with van der Waals surface area (Å²) in [5.74, 6) is 0. The van der Waals surface area contributed by atoms with Crippen LogP contribution in [0.4, 0.5) is 0 Å². The van der Waals surface area contributed by atoms with Gasteiger partial charge in [-0.3, -0.25) is 0 Å². The summed E-state index contributed by atoms with van der Waals surface area (Å²) in [7, 11) is 0. The van der Waals surface area contributed by atoms with Crippen molar-refractivity contribution in [2.24, 2.45) is 0 Å². The predicted octanol–water partition coefficient (Wildman–Crippen LogP) is 0.574. The molecule has 0 fully saturated rings. The van der Waals surface area contributed by atoms with Crippen LogP contribution in [0.1, 0.15) is 0 Å². The van der Waals surface area contributed by atoms with E-state index < -0.39 is 0 Å². The van der Waals surface area contributed by atoms with E-state index in [2.05, 4.69) is 0 Å². The zero-order valence-corrected chi connectivity index (χ0v) is 7.20. The molecule has 0 aliphatic carbocycles. The van der Waals surface area contributed by atoms with Crippen molar-refractivity contribution >= 4 is 0 Å². The van der Waals surface area contributed by atoms with Gasteiger partial charge >= 0.3 is 25.7 Å². The molecule has 0 heterocycles. The second kappa shape index (κ2) is 34.2. The van der Waals surface area contributed by atoms with Crippen molar-refractivity contribution in [2.75, 3.05) is 0 Å². The first kappa shape index (κ1) is 26.9. The Bertz CT molecular complexity index is 11.6. The maximum atomic E-state index is 2.00. The van der Waals surface area contributed by atoms with Gasteiger partial charge in [0.1, 0.15) is 0 Å². The Labute approximate surface area is 75.2 Å². The number of rotatable bonds is 0. The summed E-state index contributed by atoms with van der Waals surface area (Å²) in [5.41, 5.74) is 0. The first-order chi connectivity index (χ1) is 1.00. The normalized spacial score (nSPS) is 0.800. The van der Waals surface area contributed by atoms with E-state index >= 15 is 0 Å². The van der Waals surface area contributed by atoms with E-state index in [0.717, 1.165) is 0 Å². The van der Waals surface area contributed by atoms with Crippen molar-refractivity contribution in [3.8, 4) is 0 Å². The molecule has 0 nitrogen and oxygen atoms in total. The quantitative estimate of drug-likeness (QED) is 0.540. The summed E-state index contributed by atoms with van der Waals surface area (Å²) >= 11 is 2.00. The summed E-state index contributed by atoms with van der Waals surface area (Å²) in [4.78, 5) is 0. The van der Waals surface area contributed by atoms with Crippen molar-refractivity contribution in [3.05, 3.63) is 0 Å². The van der Waals surface area contributed by atoms with Crippen LogP contribution in [0.3, 0.4) is 0 Å². The summed E-state index contributed by atoms with van der Waals surface area (Å²) in [6.45, 7) is 0. The maximum absolute atomic E-state index is 2.00. The molecule has 0 aromatic rings. The average Bonchev–Trinajstić information content (AvgIpc) is 1.00. The van der Waals surface area contributed by atoms with Crippen molar-refractivity contribution in [1.82, 2.24) is 0 Å². The van der Waals surface area contributed by atoms with Crippen molar-refractivity contribution < 1.29 is 70.8 Å². The van der Waals surface area contributed by atoms with Gasteiger partial charge in [0, 0.05) is 50.3 Å². The van der Waals surface area contributed by atoms with E-state index in [1.54, 1.807) is 0 Å². The SMILES string of the molecule is [CH3][Ti].[Co].[Fe].[Ni]. The van der Waals surface area contributed by atoms with Gasteiger partial charge in [-0.25, -0.2) is 0 Å².